The highest BCUT2D eigenvalue weighted by molar-refractivity contribution is 8.00. The van der Waals surface area contributed by atoms with Crippen LogP contribution in [0.25, 0.3) is 10.8 Å². The highest BCUT2D eigenvalue weighted by Gasteiger charge is 2.29. The molecular weight excluding hydrogens is 381 g/mol. The van der Waals surface area contributed by atoms with Crippen LogP contribution in [0.3, 0.4) is 0 Å². The normalized spacial score (nSPS) is 13.1. The van der Waals surface area contributed by atoms with Crippen LogP contribution in [0.15, 0.2) is 61.2 Å². The minimum Gasteiger partial charge on any atom is -0.428 e. The Kier molecular flexibility index (Phi) is 5.31. The molecule has 3 aromatic rings. The number of thiophene rings is 1. The molecule has 0 bridgehead atoms. The summed E-state index contributed by atoms with van der Waals surface area (Å²) in [5.74, 6) is -0.214. The van der Waals surface area contributed by atoms with E-state index in [0.717, 1.165) is 23.4 Å². The Balaban J connectivity index is 2.10. The zero-order chi connectivity index (χ0) is 18.0. The summed E-state index contributed by atoms with van der Waals surface area (Å²) in [6.45, 7) is 4.01. The molecule has 0 saturated heterocycles. The van der Waals surface area contributed by atoms with Crippen molar-refractivity contribution in [3.63, 3.8) is 0 Å². The van der Waals surface area contributed by atoms with Gasteiger partial charge in [0.05, 0.1) is 9.77 Å². The van der Waals surface area contributed by atoms with E-state index in [9.17, 15) is 12.8 Å². The van der Waals surface area contributed by atoms with E-state index >= 15 is 0 Å². The molecule has 8 heteroatoms. The Labute approximate surface area is 154 Å². The van der Waals surface area contributed by atoms with Gasteiger partial charge in [-0.05, 0) is 42.1 Å². The molecule has 4 nitrogen and oxygen atoms in total. The first-order chi connectivity index (χ1) is 11.9. The van der Waals surface area contributed by atoms with E-state index in [1.807, 2.05) is 31.4 Å². The largest absolute Gasteiger partial charge is 0.428 e. The van der Waals surface area contributed by atoms with Crippen molar-refractivity contribution in [2.24, 2.45) is 0 Å². The topological polar surface area (TPSA) is 60.2 Å². The zero-order valence-corrected chi connectivity index (χ0v) is 16.1. The quantitative estimate of drug-likeness (QED) is 0.419. The highest BCUT2D eigenvalue weighted by atomic mass is 32.2. The fourth-order valence-electron chi connectivity index (χ4n) is 2.03. The summed E-state index contributed by atoms with van der Waals surface area (Å²) in [6, 6.07) is 8.38. The third kappa shape index (κ3) is 3.80. The molecule has 0 aliphatic carbocycles. The van der Waals surface area contributed by atoms with E-state index in [-0.39, 0.29) is 26.2 Å². The molecule has 1 atom stereocenters. The molecule has 0 aliphatic heterocycles. The molecule has 2 aromatic heterocycles. The van der Waals surface area contributed by atoms with Gasteiger partial charge in [0, 0.05) is 5.25 Å². The van der Waals surface area contributed by atoms with E-state index in [4.69, 9.17) is 4.42 Å². The summed E-state index contributed by atoms with van der Waals surface area (Å²) in [5.41, 5.74) is 0. The number of thioether (sulfide) groups is 1. The summed E-state index contributed by atoms with van der Waals surface area (Å²) >= 11 is 2.76. The minimum atomic E-state index is -3.90. The molecule has 0 radical (unpaired) electrons. The lowest BCUT2D eigenvalue weighted by Gasteiger charge is -2.07. The van der Waals surface area contributed by atoms with Crippen LogP contribution < -0.4 is 0 Å². The van der Waals surface area contributed by atoms with Gasteiger partial charge in [0.1, 0.15) is 5.82 Å². The van der Waals surface area contributed by atoms with Crippen molar-refractivity contribution in [2.45, 2.75) is 40.5 Å². The van der Waals surface area contributed by atoms with Crippen LogP contribution in [0.4, 0.5) is 4.39 Å². The number of halogens is 1. The first-order valence-corrected chi connectivity index (χ1v) is 10.9. The van der Waals surface area contributed by atoms with E-state index in [1.165, 1.54) is 35.2 Å². The van der Waals surface area contributed by atoms with Crippen molar-refractivity contribution in [3.8, 4) is 10.8 Å². The number of rotatable bonds is 6. The van der Waals surface area contributed by atoms with Gasteiger partial charge in [-0.2, -0.15) is 4.98 Å². The summed E-state index contributed by atoms with van der Waals surface area (Å²) in [7, 11) is -3.90. The van der Waals surface area contributed by atoms with Gasteiger partial charge < -0.3 is 4.42 Å². The van der Waals surface area contributed by atoms with Crippen LogP contribution in [-0.4, -0.2) is 18.7 Å². The summed E-state index contributed by atoms with van der Waals surface area (Å²) in [4.78, 5) is 5.00. The monoisotopic (exact) mass is 397 g/mol. The van der Waals surface area contributed by atoms with Crippen molar-refractivity contribution in [2.75, 3.05) is 0 Å². The van der Waals surface area contributed by atoms with Gasteiger partial charge in [-0.25, -0.2) is 12.8 Å². The average molecular weight is 398 g/mol. The Bertz CT molecular complexity index is 948. The first-order valence-electron chi connectivity index (χ1n) is 7.64. The van der Waals surface area contributed by atoms with E-state index in [1.54, 1.807) is 0 Å². The summed E-state index contributed by atoms with van der Waals surface area (Å²) in [6.07, 6.45) is 0.857. The molecule has 0 N–H and O–H groups in total. The zero-order valence-electron chi connectivity index (χ0n) is 13.6. The first kappa shape index (κ1) is 18.2. The fraction of sp³-hybridized carbons (Fsp3) is 0.235. The second-order valence-corrected chi connectivity index (χ2v) is 9.61. The Morgan fingerprint density at radius 3 is 2.60 bits per heavy atom. The number of sulfone groups is 1. The van der Waals surface area contributed by atoms with Crippen LogP contribution in [0.5, 0.6) is 0 Å². The molecular formula is C17H16FNO3S3. The van der Waals surface area contributed by atoms with E-state index < -0.39 is 15.7 Å². The van der Waals surface area contributed by atoms with E-state index in [0.29, 0.717) is 0 Å². The number of benzene rings is 1. The molecule has 1 aromatic carbocycles. The van der Waals surface area contributed by atoms with Crippen molar-refractivity contribution < 1.29 is 17.2 Å². The molecule has 0 amide bonds. The van der Waals surface area contributed by atoms with Crippen molar-refractivity contribution in [1.29, 1.82) is 0 Å². The lowest BCUT2D eigenvalue weighted by atomic mass is 10.4. The lowest BCUT2D eigenvalue weighted by molar-refractivity contribution is 0.470. The third-order valence-corrected chi connectivity index (χ3v) is 7.45. The van der Waals surface area contributed by atoms with E-state index in [2.05, 4.69) is 4.98 Å². The SMILES string of the molecule is CC[C@@H](C)Sc1oc(-c2cccs2)nc1S(=O)(=O)c1ccc(F)cc1. The lowest BCUT2D eigenvalue weighted by Crippen LogP contribution is -2.05. The summed E-state index contributed by atoms with van der Waals surface area (Å²) < 4.78 is 44.8. The van der Waals surface area contributed by atoms with Crippen LogP contribution in [0.2, 0.25) is 0 Å². The molecule has 132 valence electrons. The number of oxazole rings is 1. The summed E-state index contributed by atoms with van der Waals surface area (Å²) in [5, 5.41) is 2.19. The molecule has 2 heterocycles. The predicted molar refractivity (Wildman–Crippen MR) is 97.3 cm³/mol. The molecule has 0 unspecified atom stereocenters. The minimum absolute atomic E-state index is 0.00840. The standard InChI is InChI=1S/C17H16FNO3S3/c1-3-11(2)24-17-16(19-15(22-17)14-5-4-10-23-14)25(20,21)13-8-6-12(18)7-9-13/h4-11H,3H2,1-2H3/t11-/m1/s1. The smallest absolute Gasteiger partial charge is 0.238 e. The van der Waals surface area contributed by atoms with Crippen LogP contribution in [0, 0.1) is 5.82 Å². The van der Waals surface area contributed by atoms with Crippen LogP contribution in [-0.2, 0) is 9.84 Å². The van der Waals surface area contributed by atoms with Gasteiger partial charge in [-0.15, -0.1) is 11.3 Å². The molecule has 0 saturated carbocycles. The second kappa shape index (κ2) is 7.31. The average Bonchev–Trinajstić information content (AvgIpc) is 3.24. The van der Waals surface area contributed by atoms with Crippen LogP contribution in [0.1, 0.15) is 20.3 Å². The van der Waals surface area contributed by atoms with Gasteiger partial charge in [0.2, 0.25) is 25.8 Å². The molecule has 0 spiro atoms. The number of aromatic nitrogens is 1. The van der Waals surface area contributed by atoms with Gasteiger partial charge in [-0.1, -0.05) is 31.7 Å². The Hall–Kier alpha value is -1.64. The Morgan fingerprint density at radius 1 is 1.28 bits per heavy atom. The van der Waals surface area contributed by atoms with Gasteiger partial charge in [-0.3, -0.25) is 0 Å². The van der Waals surface area contributed by atoms with Crippen molar-refractivity contribution in [3.05, 3.63) is 47.6 Å². The second-order valence-electron chi connectivity index (χ2n) is 5.38. The fourth-order valence-corrected chi connectivity index (χ4v) is 5.14. The number of nitrogens with zero attached hydrogens (tertiary/aromatic N) is 1. The molecule has 0 fully saturated rings. The maximum Gasteiger partial charge on any atom is 0.238 e. The van der Waals surface area contributed by atoms with Gasteiger partial charge in [0.25, 0.3) is 0 Å². The maximum absolute atomic E-state index is 13.1. The third-order valence-electron chi connectivity index (χ3n) is 3.56. The van der Waals surface area contributed by atoms with Gasteiger partial charge >= 0.3 is 0 Å². The molecule has 0 aliphatic rings. The van der Waals surface area contributed by atoms with Gasteiger partial charge in [0.15, 0.2) is 0 Å². The predicted octanol–water partition coefficient (Wildman–Crippen LogP) is 5.27. The molecule has 3 rings (SSSR count). The Morgan fingerprint density at radius 2 is 2.00 bits per heavy atom. The number of hydrogen-bond donors (Lipinski definition) is 0. The van der Waals surface area contributed by atoms with Crippen molar-refractivity contribution >= 4 is 32.9 Å². The van der Waals surface area contributed by atoms with Crippen LogP contribution >= 0.6 is 23.1 Å². The molecule has 25 heavy (non-hydrogen) atoms. The number of hydrogen-bond acceptors (Lipinski definition) is 6. The maximum atomic E-state index is 13.1. The van der Waals surface area contributed by atoms with Crippen molar-refractivity contribution in [1.82, 2.24) is 4.98 Å². The highest BCUT2D eigenvalue weighted by Crippen LogP contribution is 2.38.